The van der Waals surface area contributed by atoms with E-state index in [0.29, 0.717) is 12.1 Å². The Morgan fingerprint density at radius 1 is 1.24 bits per heavy atom. The zero-order chi connectivity index (χ0) is 14.7. The van der Waals surface area contributed by atoms with Gasteiger partial charge in [-0.25, -0.2) is 0 Å². The molecule has 0 radical (unpaired) electrons. The van der Waals surface area contributed by atoms with Gasteiger partial charge < -0.3 is 10.1 Å². The fraction of sp³-hybridized carbons (Fsp3) is 0.667. The Hall–Kier alpha value is -0.540. The maximum atomic E-state index is 6.04. The van der Waals surface area contributed by atoms with E-state index in [1.54, 1.807) is 0 Å². The third-order valence-corrected chi connectivity index (χ3v) is 5.53. The summed E-state index contributed by atoms with van der Waals surface area (Å²) >= 11 is 3.54. The fourth-order valence-electron chi connectivity index (χ4n) is 3.70. The van der Waals surface area contributed by atoms with E-state index in [-0.39, 0.29) is 0 Å². The molecule has 1 saturated carbocycles. The Kier molecular flexibility index (Phi) is 5.23. The van der Waals surface area contributed by atoms with Crippen molar-refractivity contribution in [3.05, 3.63) is 28.2 Å². The number of fused-ring (bicyclic) bond motifs is 1. The summed E-state index contributed by atoms with van der Waals surface area (Å²) in [6.07, 6.45) is 9.80. The standard InChI is InChI=1S/C18H26BrNO/c1-13(14-6-4-2-3-5-7-14)20-12-17-11-15-10-16(19)8-9-18(15)21-17/h8-10,13-14,17,20H,2-7,11-12H2,1H3/t13-,17?/m1/s1. The van der Waals surface area contributed by atoms with E-state index in [0.717, 1.165) is 29.1 Å². The predicted octanol–water partition coefficient (Wildman–Crippen LogP) is 4.70. The molecule has 0 amide bonds. The first-order valence-corrected chi connectivity index (χ1v) is 9.20. The van der Waals surface area contributed by atoms with Crippen molar-refractivity contribution in [3.63, 3.8) is 0 Å². The summed E-state index contributed by atoms with van der Waals surface area (Å²) in [5.41, 5.74) is 1.33. The summed E-state index contributed by atoms with van der Waals surface area (Å²) in [4.78, 5) is 0. The molecule has 0 saturated heterocycles. The van der Waals surface area contributed by atoms with Gasteiger partial charge in [0.25, 0.3) is 0 Å². The highest BCUT2D eigenvalue weighted by atomic mass is 79.9. The largest absolute Gasteiger partial charge is 0.488 e. The van der Waals surface area contributed by atoms with Gasteiger partial charge in [0, 0.05) is 23.5 Å². The molecule has 1 aliphatic carbocycles. The third-order valence-electron chi connectivity index (χ3n) is 5.04. The summed E-state index contributed by atoms with van der Waals surface area (Å²) in [7, 11) is 0. The second kappa shape index (κ2) is 7.15. The van der Waals surface area contributed by atoms with E-state index < -0.39 is 0 Å². The molecule has 3 heteroatoms. The Balaban J connectivity index is 1.48. The van der Waals surface area contributed by atoms with E-state index in [1.165, 1.54) is 44.1 Å². The first-order valence-electron chi connectivity index (χ1n) is 8.41. The van der Waals surface area contributed by atoms with Crippen LogP contribution in [0.3, 0.4) is 0 Å². The van der Waals surface area contributed by atoms with Gasteiger partial charge in [-0.15, -0.1) is 0 Å². The van der Waals surface area contributed by atoms with Gasteiger partial charge in [0.1, 0.15) is 11.9 Å². The first-order chi connectivity index (χ1) is 10.2. The molecule has 3 rings (SSSR count). The first kappa shape index (κ1) is 15.4. The number of halogens is 1. The highest BCUT2D eigenvalue weighted by Crippen LogP contribution is 2.31. The Bertz CT molecular complexity index is 468. The van der Waals surface area contributed by atoms with Gasteiger partial charge in [0.2, 0.25) is 0 Å². The Labute approximate surface area is 136 Å². The summed E-state index contributed by atoms with van der Waals surface area (Å²) in [6, 6.07) is 6.93. The fourth-order valence-corrected chi connectivity index (χ4v) is 4.11. The lowest BCUT2D eigenvalue weighted by Gasteiger charge is -2.25. The molecule has 2 atom stereocenters. The molecular weight excluding hydrogens is 326 g/mol. The van der Waals surface area contributed by atoms with Crippen LogP contribution in [0.25, 0.3) is 0 Å². The van der Waals surface area contributed by atoms with Gasteiger partial charge in [0.15, 0.2) is 0 Å². The normalized spacial score (nSPS) is 24.2. The van der Waals surface area contributed by atoms with Crippen molar-refractivity contribution < 1.29 is 4.74 Å². The van der Waals surface area contributed by atoms with Gasteiger partial charge in [-0.05, 0) is 49.4 Å². The Morgan fingerprint density at radius 2 is 2.00 bits per heavy atom. The summed E-state index contributed by atoms with van der Waals surface area (Å²) in [6.45, 7) is 3.32. The molecule has 0 bridgehead atoms. The zero-order valence-electron chi connectivity index (χ0n) is 12.9. The topological polar surface area (TPSA) is 21.3 Å². The summed E-state index contributed by atoms with van der Waals surface area (Å²) < 4.78 is 7.18. The quantitative estimate of drug-likeness (QED) is 0.793. The number of hydrogen-bond acceptors (Lipinski definition) is 2. The lowest BCUT2D eigenvalue weighted by atomic mass is 9.93. The molecule has 1 aliphatic heterocycles. The average Bonchev–Trinajstić information content (AvgIpc) is 2.69. The molecular formula is C18H26BrNO. The van der Waals surface area contributed by atoms with Crippen LogP contribution in [0.1, 0.15) is 51.0 Å². The van der Waals surface area contributed by atoms with Gasteiger partial charge in [-0.2, -0.15) is 0 Å². The highest BCUT2D eigenvalue weighted by Gasteiger charge is 2.25. The smallest absolute Gasteiger partial charge is 0.123 e. The van der Waals surface area contributed by atoms with Crippen LogP contribution < -0.4 is 10.1 Å². The molecule has 0 aromatic heterocycles. The number of hydrogen-bond donors (Lipinski definition) is 1. The predicted molar refractivity (Wildman–Crippen MR) is 90.9 cm³/mol. The maximum absolute atomic E-state index is 6.04. The van der Waals surface area contributed by atoms with Crippen LogP contribution in [-0.2, 0) is 6.42 Å². The van der Waals surface area contributed by atoms with E-state index in [1.807, 2.05) is 0 Å². The van der Waals surface area contributed by atoms with Crippen LogP contribution in [0, 0.1) is 5.92 Å². The van der Waals surface area contributed by atoms with Crippen molar-refractivity contribution in [2.75, 3.05) is 6.54 Å². The van der Waals surface area contributed by atoms with Crippen LogP contribution >= 0.6 is 15.9 Å². The number of benzene rings is 1. The minimum absolute atomic E-state index is 0.294. The number of ether oxygens (including phenoxy) is 1. The van der Waals surface area contributed by atoms with E-state index in [4.69, 9.17) is 4.74 Å². The van der Waals surface area contributed by atoms with Crippen molar-refractivity contribution in [3.8, 4) is 5.75 Å². The van der Waals surface area contributed by atoms with E-state index >= 15 is 0 Å². The molecule has 1 aromatic carbocycles. The van der Waals surface area contributed by atoms with Crippen molar-refractivity contribution in [1.82, 2.24) is 5.32 Å². The molecule has 1 N–H and O–H groups in total. The zero-order valence-corrected chi connectivity index (χ0v) is 14.5. The van der Waals surface area contributed by atoms with Crippen LogP contribution in [0.5, 0.6) is 5.75 Å². The molecule has 1 heterocycles. The van der Waals surface area contributed by atoms with Gasteiger partial charge in [-0.1, -0.05) is 41.6 Å². The lowest BCUT2D eigenvalue weighted by Crippen LogP contribution is -2.39. The SMILES string of the molecule is C[C@@H](NCC1Cc2cc(Br)ccc2O1)C1CCCCCC1. The molecule has 116 valence electrons. The minimum Gasteiger partial charge on any atom is -0.488 e. The molecule has 21 heavy (non-hydrogen) atoms. The second-order valence-corrected chi connectivity index (χ2v) is 7.56. The van der Waals surface area contributed by atoms with Crippen molar-refractivity contribution >= 4 is 15.9 Å². The Morgan fingerprint density at radius 3 is 2.76 bits per heavy atom. The number of rotatable bonds is 4. The van der Waals surface area contributed by atoms with Crippen molar-refractivity contribution in [2.24, 2.45) is 5.92 Å². The van der Waals surface area contributed by atoms with Crippen LogP contribution in [0.4, 0.5) is 0 Å². The highest BCUT2D eigenvalue weighted by molar-refractivity contribution is 9.10. The average molecular weight is 352 g/mol. The van der Waals surface area contributed by atoms with Gasteiger partial charge in [0.05, 0.1) is 0 Å². The van der Waals surface area contributed by atoms with E-state index in [2.05, 4.69) is 46.4 Å². The molecule has 1 unspecified atom stereocenters. The lowest BCUT2D eigenvalue weighted by molar-refractivity contribution is 0.211. The molecule has 1 aromatic rings. The van der Waals surface area contributed by atoms with Crippen molar-refractivity contribution in [2.45, 2.75) is 64.0 Å². The van der Waals surface area contributed by atoms with Gasteiger partial charge in [-0.3, -0.25) is 0 Å². The molecule has 2 aliphatic rings. The van der Waals surface area contributed by atoms with Crippen LogP contribution in [0.2, 0.25) is 0 Å². The molecule has 2 nitrogen and oxygen atoms in total. The minimum atomic E-state index is 0.294. The van der Waals surface area contributed by atoms with Crippen LogP contribution in [0.15, 0.2) is 22.7 Å². The maximum Gasteiger partial charge on any atom is 0.123 e. The van der Waals surface area contributed by atoms with Gasteiger partial charge >= 0.3 is 0 Å². The third kappa shape index (κ3) is 4.01. The second-order valence-electron chi connectivity index (χ2n) is 6.64. The summed E-state index contributed by atoms with van der Waals surface area (Å²) in [5.74, 6) is 1.91. The molecule has 0 spiro atoms. The molecule has 1 fully saturated rings. The van der Waals surface area contributed by atoms with E-state index in [9.17, 15) is 0 Å². The van der Waals surface area contributed by atoms with Crippen molar-refractivity contribution in [1.29, 1.82) is 0 Å². The van der Waals surface area contributed by atoms with Crippen LogP contribution in [-0.4, -0.2) is 18.7 Å². The monoisotopic (exact) mass is 351 g/mol. The number of nitrogens with one attached hydrogen (secondary N) is 1. The summed E-state index contributed by atoms with van der Waals surface area (Å²) in [5, 5.41) is 3.73.